The highest BCUT2D eigenvalue weighted by molar-refractivity contribution is 5.79. The molecular weight excluding hydrogens is 367 g/mol. The van der Waals surface area contributed by atoms with Gasteiger partial charge in [-0.15, -0.1) is 5.10 Å². The SMILES string of the molecule is O=C(NCc1ccc(F)cc1)C1CCN(c2cc(-c3ccccc3)cnn2)CC1. The van der Waals surface area contributed by atoms with Crippen molar-refractivity contribution in [2.45, 2.75) is 19.4 Å². The Bertz CT molecular complexity index is 954. The van der Waals surface area contributed by atoms with Gasteiger partial charge in [-0.1, -0.05) is 42.5 Å². The van der Waals surface area contributed by atoms with E-state index in [1.54, 1.807) is 18.3 Å². The van der Waals surface area contributed by atoms with Crippen molar-refractivity contribution < 1.29 is 9.18 Å². The number of rotatable bonds is 5. The van der Waals surface area contributed by atoms with Gasteiger partial charge in [0.25, 0.3) is 0 Å². The maximum atomic E-state index is 13.0. The fourth-order valence-corrected chi connectivity index (χ4v) is 3.60. The van der Waals surface area contributed by atoms with Crippen molar-refractivity contribution in [3.05, 3.63) is 78.2 Å². The average molecular weight is 390 g/mol. The monoisotopic (exact) mass is 390 g/mol. The highest BCUT2D eigenvalue weighted by Gasteiger charge is 2.25. The van der Waals surface area contributed by atoms with Gasteiger partial charge in [-0.3, -0.25) is 4.79 Å². The summed E-state index contributed by atoms with van der Waals surface area (Å²) in [5.41, 5.74) is 3.04. The topological polar surface area (TPSA) is 58.1 Å². The lowest BCUT2D eigenvalue weighted by Gasteiger charge is -2.32. The summed E-state index contributed by atoms with van der Waals surface area (Å²) in [4.78, 5) is 14.7. The second-order valence-corrected chi connectivity index (χ2v) is 7.27. The van der Waals surface area contributed by atoms with E-state index in [9.17, 15) is 9.18 Å². The molecule has 3 aromatic rings. The van der Waals surface area contributed by atoms with Crippen LogP contribution >= 0.6 is 0 Å². The molecule has 148 valence electrons. The summed E-state index contributed by atoms with van der Waals surface area (Å²) in [5.74, 6) is 0.610. The zero-order chi connectivity index (χ0) is 20.1. The van der Waals surface area contributed by atoms with E-state index in [1.807, 2.05) is 18.2 Å². The van der Waals surface area contributed by atoms with Gasteiger partial charge in [-0.05, 0) is 42.2 Å². The first-order valence-corrected chi connectivity index (χ1v) is 9.84. The van der Waals surface area contributed by atoms with Gasteiger partial charge in [0.05, 0.1) is 6.20 Å². The standard InChI is InChI=1S/C23H23FN4O/c24-21-8-6-17(7-9-21)15-25-23(29)19-10-12-28(13-11-19)22-14-20(16-26-27-22)18-4-2-1-3-5-18/h1-9,14,16,19H,10-13,15H2,(H,25,29). The molecule has 1 aliphatic rings. The Morgan fingerprint density at radius 1 is 1.03 bits per heavy atom. The lowest BCUT2D eigenvalue weighted by atomic mass is 9.95. The molecule has 0 bridgehead atoms. The minimum atomic E-state index is -0.271. The maximum Gasteiger partial charge on any atom is 0.223 e. The lowest BCUT2D eigenvalue weighted by molar-refractivity contribution is -0.125. The number of benzene rings is 2. The summed E-state index contributed by atoms with van der Waals surface area (Å²) in [6, 6.07) is 18.4. The molecule has 1 amide bonds. The van der Waals surface area contributed by atoms with Crippen LogP contribution in [0.25, 0.3) is 11.1 Å². The molecule has 1 aromatic heterocycles. The van der Waals surface area contributed by atoms with Crippen LogP contribution in [-0.4, -0.2) is 29.2 Å². The zero-order valence-electron chi connectivity index (χ0n) is 16.1. The van der Waals surface area contributed by atoms with Crippen LogP contribution in [0.1, 0.15) is 18.4 Å². The Morgan fingerprint density at radius 3 is 2.48 bits per heavy atom. The zero-order valence-corrected chi connectivity index (χ0v) is 16.1. The average Bonchev–Trinajstić information content (AvgIpc) is 2.79. The van der Waals surface area contributed by atoms with Crippen LogP contribution in [0.5, 0.6) is 0 Å². The number of amides is 1. The first-order valence-electron chi connectivity index (χ1n) is 9.84. The molecule has 0 radical (unpaired) electrons. The van der Waals surface area contributed by atoms with Crippen LogP contribution in [0.15, 0.2) is 66.9 Å². The van der Waals surface area contributed by atoms with Crippen molar-refractivity contribution >= 4 is 11.7 Å². The number of piperidine rings is 1. The molecule has 1 aliphatic heterocycles. The van der Waals surface area contributed by atoms with E-state index in [4.69, 9.17) is 0 Å². The van der Waals surface area contributed by atoms with Gasteiger partial charge in [0.2, 0.25) is 5.91 Å². The number of carbonyl (C=O) groups is 1. The van der Waals surface area contributed by atoms with Gasteiger partial charge in [-0.2, -0.15) is 5.10 Å². The second-order valence-electron chi connectivity index (χ2n) is 7.27. The Labute approximate surface area is 169 Å². The largest absolute Gasteiger partial charge is 0.355 e. The van der Waals surface area contributed by atoms with E-state index >= 15 is 0 Å². The Kier molecular flexibility index (Phi) is 5.79. The molecular formula is C23H23FN4O. The molecule has 4 rings (SSSR count). The molecule has 0 unspecified atom stereocenters. The molecule has 1 N–H and O–H groups in total. The van der Waals surface area contributed by atoms with Gasteiger partial charge in [0.1, 0.15) is 5.82 Å². The van der Waals surface area contributed by atoms with Crippen LogP contribution in [-0.2, 0) is 11.3 Å². The van der Waals surface area contributed by atoms with E-state index in [0.29, 0.717) is 6.54 Å². The van der Waals surface area contributed by atoms with Crippen molar-refractivity contribution in [3.8, 4) is 11.1 Å². The van der Waals surface area contributed by atoms with Gasteiger partial charge >= 0.3 is 0 Å². The Balaban J connectivity index is 1.32. The molecule has 1 saturated heterocycles. The number of aromatic nitrogens is 2. The van der Waals surface area contributed by atoms with Crippen LogP contribution in [0.2, 0.25) is 0 Å². The highest BCUT2D eigenvalue weighted by atomic mass is 19.1. The predicted molar refractivity (Wildman–Crippen MR) is 111 cm³/mol. The smallest absolute Gasteiger partial charge is 0.223 e. The minimum Gasteiger partial charge on any atom is -0.355 e. The fourth-order valence-electron chi connectivity index (χ4n) is 3.60. The van der Waals surface area contributed by atoms with Gasteiger partial charge in [-0.25, -0.2) is 4.39 Å². The van der Waals surface area contributed by atoms with Crippen LogP contribution in [0.4, 0.5) is 10.2 Å². The summed E-state index contributed by atoms with van der Waals surface area (Å²) in [6.07, 6.45) is 3.31. The van der Waals surface area contributed by atoms with Gasteiger partial charge < -0.3 is 10.2 Å². The summed E-state index contributed by atoms with van der Waals surface area (Å²) in [7, 11) is 0. The Hall–Kier alpha value is -3.28. The predicted octanol–water partition coefficient (Wildman–Crippen LogP) is 3.82. The number of anilines is 1. The summed E-state index contributed by atoms with van der Waals surface area (Å²) >= 11 is 0. The second kappa shape index (κ2) is 8.82. The van der Waals surface area contributed by atoms with Crippen molar-refractivity contribution in [2.24, 2.45) is 5.92 Å². The third kappa shape index (κ3) is 4.77. The van der Waals surface area contributed by atoms with Crippen LogP contribution in [0, 0.1) is 11.7 Å². The normalized spacial score (nSPS) is 14.6. The van der Waals surface area contributed by atoms with E-state index in [-0.39, 0.29) is 17.6 Å². The summed E-state index contributed by atoms with van der Waals surface area (Å²) in [6.45, 7) is 1.95. The molecule has 0 aliphatic carbocycles. The highest BCUT2D eigenvalue weighted by Crippen LogP contribution is 2.25. The first kappa shape index (κ1) is 19.1. The van der Waals surface area contributed by atoms with Crippen LogP contribution < -0.4 is 10.2 Å². The Morgan fingerprint density at radius 2 is 1.76 bits per heavy atom. The van der Waals surface area contributed by atoms with Crippen LogP contribution in [0.3, 0.4) is 0 Å². The van der Waals surface area contributed by atoms with Crippen molar-refractivity contribution in [1.82, 2.24) is 15.5 Å². The first-order chi connectivity index (χ1) is 14.2. The number of halogens is 1. The number of carbonyl (C=O) groups excluding carboxylic acids is 1. The molecule has 0 atom stereocenters. The maximum absolute atomic E-state index is 13.0. The van der Waals surface area contributed by atoms with E-state index in [0.717, 1.165) is 48.4 Å². The number of nitrogens with zero attached hydrogens (tertiary/aromatic N) is 3. The molecule has 2 aromatic carbocycles. The molecule has 0 spiro atoms. The van der Waals surface area contributed by atoms with Crippen molar-refractivity contribution in [2.75, 3.05) is 18.0 Å². The lowest BCUT2D eigenvalue weighted by Crippen LogP contribution is -2.40. The summed E-state index contributed by atoms with van der Waals surface area (Å²) in [5, 5.41) is 11.4. The number of nitrogens with one attached hydrogen (secondary N) is 1. The molecule has 2 heterocycles. The van der Waals surface area contributed by atoms with Crippen molar-refractivity contribution in [3.63, 3.8) is 0 Å². The fraction of sp³-hybridized carbons (Fsp3) is 0.261. The minimum absolute atomic E-state index is 0.0167. The van der Waals surface area contributed by atoms with Gasteiger partial charge in [0, 0.05) is 31.1 Å². The molecule has 0 saturated carbocycles. The van der Waals surface area contributed by atoms with E-state index in [1.165, 1.54) is 12.1 Å². The van der Waals surface area contributed by atoms with E-state index < -0.39 is 0 Å². The number of hydrogen-bond donors (Lipinski definition) is 1. The molecule has 6 heteroatoms. The van der Waals surface area contributed by atoms with Gasteiger partial charge in [0.15, 0.2) is 5.82 Å². The quantitative estimate of drug-likeness (QED) is 0.720. The molecule has 5 nitrogen and oxygen atoms in total. The molecule has 1 fully saturated rings. The third-order valence-corrected chi connectivity index (χ3v) is 5.32. The summed E-state index contributed by atoms with van der Waals surface area (Å²) < 4.78 is 13.0. The van der Waals surface area contributed by atoms with E-state index in [2.05, 4.69) is 38.6 Å². The number of hydrogen-bond acceptors (Lipinski definition) is 4. The third-order valence-electron chi connectivity index (χ3n) is 5.32. The molecule has 29 heavy (non-hydrogen) atoms. The van der Waals surface area contributed by atoms with Crippen molar-refractivity contribution in [1.29, 1.82) is 0 Å².